The molecule has 0 aromatic heterocycles. The Kier molecular flexibility index (Phi) is 8.36. The third kappa shape index (κ3) is 7.21. The largest absolute Gasteiger partial charge is 0.316 e. The average Bonchev–Trinajstić information content (AvgIpc) is 2.80. The molecule has 1 rings (SSSR count). The molecule has 1 aliphatic heterocycles. The van der Waals surface area contributed by atoms with E-state index < -0.39 is 6.64 Å². The van der Waals surface area contributed by atoms with Crippen LogP contribution in [0.25, 0.3) is 0 Å². The van der Waals surface area contributed by atoms with Gasteiger partial charge in [0.1, 0.15) is 0 Å². The quantitative estimate of drug-likeness (QED) is 0.503. The first-order valence-corrected chi connectivity index (χ1v) is 10.5. The minimum absolute atomic E-state index is 0.337. The van der Waals surface area contributed by atoms with Crippen molar-refractivity contribution in [1.82, 2.24) is 5.09 Å². The van der Waals surface area contributed by atoms with Gasteiger partial charge in [-0.1, -0.05) is 43.6 Å². The average molecular weight is 331 g/mol. The zero-order chi connectivity index (χ0) is 15.9. The van der Waals surface area contributed by atoms with Crippen molar-refractivity contribution in [2.75, 3.05) is 13.2 Å². The van der Waals surface area contributed by atoms with Crippen LogP contribution < -0.4 is 5.09 Å². The molecule has 0 aliphatic carbocycles. The molecule has 0 radical (unpaired) electrons. The van der Waals surface area contributed by atoms with Crippen LogP contribution in [0.1, 0.15) is 53.9 Å². The molecule has 1 unspecified atom stereocenters. The molecule has 0 aromatic rings. The summed E-state index contributed by atoms with van der Waals surface area (Å²) in [6.45, 7) is 9.76. The van der Waals surface area contributed by atoms with Crippen molar-refractivity contribution in [3.05, 3.63) is 23.3 Å². The topological polar surface area (TPSA) is 30.5 Å². The molecule has 0 saturated carbocycles. The standard InChI is InChI=1S/C16H30NO2PS/c1-6-15(5)16-12-19-20(21,17-16)18-11-10-14(4)9-7-8-13(2)3/h8,10,15-16H,6-7,9,11-12H2,1-5H3,(H,17,21)/b14-10+/t15-,16+,20?/m0/s1. The normalized spacial score (nSPS) is 27.7. The highest BCUT2D eigenvalue weighted by Crippen LogP contribution is 2.49. The van der Waals surface area contributed by atoms with E-state index in [0.717, 1.165) is 19.3 Å². The summed E-state index contributed by atoms with van der Waals surface area (Å²) in [6, 6.07) is 0.337. The van der Waals surface area contributed by atoms with Crippen molar-refractivity contribution < 1.29 is 9.05 Å². The lowest BCUT2D eigenvalue weighted by atomic mass is 10.0. The van der Waals surface area contributed by atoms with Gasteiger partial charge in [0.15, 0.2) is 0 Å². The van der Waals surface area contributed by atoms with Crippen molar-refractivity contribution in [3.63, 3.8) is 0 Å². The van der Waals surface area contributed by atoms with E-state index in [4.69, 9.17) is 20.9 Å². The van der Waals surface area contributed by atoms with Gasteiger partial charge in [-0.3, -0.25) is 0 Å². The monoisotopic (exact) mass is 331 g/mol. The van der Waals surface area contributed by atoms with Crippen LogP contribution in [0.3, 0.4) is 0 Å². The number of allylic oxidation sites excluding steroid dienone is 3. The third-order valence-corrected chi connectivity index (χ3v) is 6.42. The smallest absolute Gasteiger partial charge is 0.261 e. The van der Waals surface area contributed by atoms with Gasteiger partial charge in [-0.25, -0.2) is 5.09 Å². The first-order valence-electron chi connectivity index (χ1n) is 7.82. The Morgan fingerprint density at radius 3 is 2.76 bits per heavy atom. The van der Waals surface area contributed by atoms with Crippen LogP contribution in [-0.2, 0) is 20.9 Å². The molecule has 1 aliphatic rings. The Labute approximate surface area is 135 Å². The fourth-order valence-electron chi connectivity index (χ4n) is 2.07. The minimum Gasteiger partial charge on any atom is -0.316 e. The predicted molar refractivity (Wildman–Crippen MR) is 95.0 cm³/mol. The summed E-state index contributed by atoms with van der Waals surface area (Å²) in [5.41, 5.74) is 2.71. The highest BCUT2D eigenvalue weighted by Gasteiger charge is 2.33. The fourth-order valence-corrected chi connectivity index (χ4v) is 4.43. The molecule has 0 spiro atoms. The number of nitrogens with one attached hydrogen (secondary N) is 1. The minimum atomic E-state index is -2.26. The van der Waals surface area contributed by atoms with Crippen molar-refractivity contribution >= 4 is 18.4 Å². The second kappa shape index (κ2) is 9.22. The van der Waals surface area contributed by atoms with E-state index >= 15 is 0 Å². The summed E-state index contributed by atoms with van der Waals surface area (Å²) in [6.07, 6.45) is 7.66. The Hall–Kier alpha value is 0.01000. The van der Waals surface area contributed by atoms with Crippen LogP contribution in [-0.4, -0.2) is 19.3 Å². The maximum atomic E-state index is 5.81. The van der Waals surface area contributed by atoms with Crippen molar-refractivity contribution in [2.45, 2.75) is 59.9 Å². The second-order valence-electron chi connectivity index (χ2n) is 6.08. The van der Waals surface area contributed by atoms with E-state index in [9.17, 15) is 0 Å². The number of rotatable bonds is 8. The lowest BCUT2D eigenvalue weighted by Crippen LogP contribution is -2.29. The van der Waals surface area contributed by atoms with Gasteiger partial charge in [-0.05, 0) is 51.3 Å². The maximum absolute atomic E-state index is 5.81. The van der Waals surface area contributed by atoms with Gasteiger partial charge >= 0.3 is 0 Å². The summed E-state index contributed by atoms with van der Waals surface area (Å²) >= 11 is 5.50. The van der Waals surface area contributed by atoms with Gasteiger partial charge in [-0.15, -0.1) is 0 Å². The van der Waals surface area contributed by atoms with Gasteiger partial charge in [-0.2, -0.15) is 0 Å². The Morgan fingerprint density at radius 2 is 2.14 bits per heavy atom. The van der Waals surface area contributed by atoms with Crippen LogP contribution in [0.2, 0.25) is 0 Å². The molecule has 1 heterocycles. The van der Waals surface area contributed by atoms with E-state index in [1.54, 1.807) is 0 Å². The van der Waals surface area contributed by atoms with E-state index in [1.807, 2.05) is 0 Å². The van der Waals surface area contributed by atoms with Crippen molar-refractivity contribution in [3.8, 4) is 0 Å². The second-order valence-corrected chi connectivity index (χ2v) is 9.29. The van der Waals surface area contributed by atoms with Crippen LogP contribution in [0.4, 0.5) is 0 Å². The summed E-state index contributed by atoms with van der Waals surface area (Å²) in [5, 5.41) is 3.39. The lowest BCUT2D eigenvalue weighted by Gasteiger charge is -2.18. The zero-order valence-electron chi connectivity index (χ0n) is 14.0. The molecule has 1 fully saturated rings. The highest BCUT2D eigenvalue weighted by molar-refractivity contribution is 8.09. The third-order valence-electron chi connectivity index (χ3n) is 3.85. The van der Waals surface area contributed by atoms with Gasteiger partial charge in [0.2, 0.25) is 0 Å². The van der Waals surface area contributed by atoms with Gasteiger partial charge in [0.05, 0.1) is 13.2 Å². The molecule has 0 amide bonds. The van der Waals surface area contributed by atoms with Crippen molar-refractivity contribution in [1.29, 1.82) is 0 Å². The van der Waals surface area contributed by atoms with Crippen LogP contribution in [0.15, 0.2) is 23.3 Å². The van der Waals surface area contributed by atoms with E-state index in [2.05, 4.69) is 51.9 Å². The van der Waals surface area contributed by atoms with Crippen LogP contribution in [0.5, 0.6) is 0 Å². The fraction of sp³-hybridized carbons (Fsp3) is 0.750. The summed E-state index contributed by atoms with van der Waals surface area (Å²) in [7, 11) is 0. The first-order chi connectivity index (χ1) is 9.86. The first kappa shape index (κ1) is 19.1. The summed E-state index contributed by atoms with van der Waals surface area (Å²) in [4.78, 5) is 0. The van der Waals surface area contributed by atoms with E-state index in [1.165, 1.54) is 11.1 Å². The van der Waals surface area contributed by atoms with Crippen LogP contribution in [0, 0.1) is 5.92 Å². The molecule has 0 bridgehead atoms. The maximum Gasteiger partial charge on any atom is 0.261 e. The summed E-state index contributed by atoms with van der Waals surface area (Å²) < 4.78 is 11.5. The number of hydrogen-bond donors (Lipinski definition) is 1. The van der Waals surface area contributed by atoms with E-state index in [-0.39, 0.29) is 0 Å². The molecule has 0 aromatic carbocycles. The molecular formula is C16H30NO2PS. The molecule has 3 nitrogen and oxygen atoms in total. The van der Waals surface area contributed by atoms with Gasteiger partial charge < -0.3 is 9.05 Å². The molecule has 5 heteroatoms. The van der Waals surface area contributed by atoms with E-state index in [0.29, 0.717) is 25.2 Å². The number of hydrogen-bond acceptors (Lipinski definition) is 3. The Bertz CT molecular complexity index is 430. The highest BCUT2D eigenvalue weighted by atomic mass is 32.5. The molecular weight excluding hydrogens is 301 g/mol. The molecule has 3 atom stereocenters. The van der Waals surface area contributed by atoms with Crippen LogP contribution >= 0.6 is 6.64 Å². The molecule has 1 saturated heterocycles. The Balaban J connectivity index is 2.35. The van der Waals surface area contributed by atoms with Crippen molar-refractivity contribution in [2.24, 2.45) is 5.92 Å². The summed E-state index contributed by atoms with van der Waals surface area (Å²) in [5.74, 6) is 0.569. The zero-order valence-corrected chi connectivity index (χ0v) is 15.7. The predicted octanol–water partition coefficient (Wildman–Crippen LogP) is 4.95. The molecule has 21 heavy (non-hydrogen) atoms. The Morgan fingerprint density at radius 1 is 1.43 bits per heavy atom. The lowest BCUT2D eigenvalue weighted by molar-refractivity contribution is 0.272. The van der Waals surface area contributed by atoms with Gasteiger partial charge in [0, 0.05) is 6.04 Å². The molecule has 122 valence electrons. The SMILES string of the molecule is CC[C@H](C)[C@H]1COP(=S)(OC/C=C(\C)CCC=C(C)C)N1. The molecule has 1 N–H and O–H groups in total. The van der Waals surface area contributed by atoms with Gasteiger partial charge in [0.25, 0.3) is 6.64 Å².